The zero-order chi connectivity index (χ0) is 14.2. The summed E-state index contributed by atoms with van der Waals surface area (Å²) in [5.74, 6) is 6.33. The van der Waals surface area contributed by atoms with Crippen molar-refractivity contribution in [2.45, 2.75) is 43.7 Å². The Morgan fingerprint density at radius 3 is 2.85 bits per heavy atom. The number of hydrazine groups is 1. The molecule has 2 unspecified atom stereocenters. The molecule has 1 spiro atoms. The van der Waals surface area contributed by atoms with Crippen molar-refractivity contribution in [1.29, 1.82) is 0 Å². The molecular weight excluding hydrogens is 340 g/mol. The molecular formula is C15H20BrClN2O. The summed E-state index contributed by atoms with van der Waals surface area (Å²) in [5.41, 5.74) is 4.28. The molecule has 20 heavy (non-hydrogen) atoms. The van der Waals surface area contributed by atoms with Gasteiger partial charge < -0.3 is 4.74 Å². The van der Waals surface area contributed by atoms with Gasteiger partial charge in [0.2, 0.25) is 0 Å². The summed E-state index contributed by atoms with van der Waals surface area (Å²) in [6.07, 6.45) is 5.82. The van der Waals surface area contributed by atoms with Gasteiger partial charge in [-0.15, -0.1) is 0 Å². The molecule has 1 heterocycles. The van der Waals surface area contributed by atoms with Crippen LogP contribution in [0.3, 0.4) is 0 Å². The minimum atomic E-state index is 0.136. The minimum absolute atomic E-state index is 0.136. The third-order valence-electron chi connectivity index (χ3n) is 4.75. The van der Waals surface area contributed by atoms with Gasteiger partial charge in [-0.3, -0.25) is 11.3 Å². The summed E-state index contributed by atoms with van der Waals surface area (Å²) in [4.78, 5) is 0. The van der Waals surface area contributed by atoms with Crippen molar-refractivity contribution in [3.63, 3.8) is 0 Å². The van der Waals surface area contributed by atoms with E-state index in [-0.39, 0.29) is 11.6 Å². The van der Waals surface area contributed by atoms with Crippen LogP contribution in [0, 0.1) is 5.92 Å². The Labute approximate surface area is 133 Å². The minimum Gasteiger partial charge on any atom is -0.375 e. The van der Waals surface area contributed by atoms with Gasteiger partial charge in [0.1, 0.15) is 0 Å². The highest BCUT2D eigenvalue weighted by atomic mass is 79.9. The summed E-state index contributed by atoms with van der Waals surface area (Å²) in [7, 11) is 0. The lowest BCUT2D eigenvalue weighted by Gasteiger charge is -2.48. The second kappa shape index (κ2) is 5.93. The van der Waals surface area contributed by atoms with Gasteiger partial charge in [0.05, 0.1) is 10.6 Å². The maximum absolute atomic E-state index is 6.21. The zero-order valence-electron chi connectivity index (χ0n) is 11.4. The first kappa shape index (κ1) is 14.8. The first-order valence-corrected chi connectivity index (χ1v) is 8.36. The first-order chi connectivity index (χ1) is 9.63. The maximum atomic E-state index is 6.21. The molecule has 1 aliphatic carbocycles. The van der Waals surface area contributed by atoms with Crippen LogP contribution in [-0.2, 0) is 4.74 Å². The quantitative estimate of drug-likeness (QED) is 0.634. The Morgan fingerprint density at radius 2 is 2.25 bits per heavy atom. The molecule has 1 aromatic rings. The van der Waals surface area contributed by atoms with Crippen molar-refractivity contribution in [3.8, 4) is 0 Å². The van der Waals surface area contributed by atoms with E-state index >= 15 is 0 Å². The predicted molar refractivity (Wildman–Crippen MR) is 84.5 cm³/mol. The van der Waals surface area contributed by atoms with Crippen LogP contribution in [-0.4, -0.2) is 12.2 Å². The molecule has 2 fully saturated rings. The zero-order valence-corrected chi connectivity index (χ0v) is 13.7. The van der Waals surface area contributed by atoms with E-state index < -0.39 is 0 Å². The van der Waals surface area contributed by atoms with Crippen LogP contribution in [0.4, 0.5) is 0 Å². The highest BCUT2D eigenvalue weighted by Crippen LogP contribution is 2.47. The van der Waals surface area contributed by atoms with E-state index in [2.05, 4.69) is 27.4 Å². The number of benzene rings is 1. The van der Waals surface area contributed by atoms with E-state index in [9.17, 15) is 0 Å². The SMILES string of the molecule is NNC(c1ccc(Br)c(Cl)c1)C1CCOC2(CCC2)C1. The van der Waals surface area contributed by atoms with Crippen LogP contribution in [0.5, 0.6) is 0 Å². The number of rotatable bonds is 3. The van der Waals surface area contributed by atoms with Crippen molar-refractivity contribution in [3.05, 3.63) is 33.3 Å². The Balaban J connectivity index is 1.79. The Kier molecular flexibility index (Phi) is 4.39. The first-order valence-electron chi connectivity index (χ1n) is 7.19. The van der Waals surface area contributed by atoms with Crippen LogP contribution in [0.25, 0.3) is 0 Å². The molecule has 0 aromatic heterocycles. The van der Waals surface area contributed by atoms with Crippen LogP contribution in [0.1, 0.15) is 43.7 Å². The molecule has 0 amide bonds. The average molecular weight is 360 g/mol. The van der Waals surface area contributed by atoms with E-state index in [0.29, 0.717) is 5.92 Å². The standard InChI is InChI=1S/C15H20BrClN2O/c16-12-3-2-10(8-13(12)17)14(19-18)11-4-7-20-15(9-11)5-1-6-15/h2-3,8,11,14,19H,1,4-7,9,18H2. The van der Waals surface area contributed by atoms with Crippen molar-refractivity contribution in [2.24, 2.45) is 11.8 Å². The summed E-state index contributed by atoms with van der Waals surface area (Å²) in [5, 5.41) is 0.730. The highest BCUT2D eigenvalue weighted by Gasteiger charge is 2.44. The molecule has 5 heteroatoms. The number of halogens is 2. The highest BCUT2D eigenvalue weighted by molar-refractivity contribution is 9.10. The smallest absolute Gasteiger partial charge is 0.0686 e. The molecule has 3 N–H and O–H groups in total. The van der Waals surface area contributed by atoms with Gasteiger partial charge in [-0.25, -0.2) is 0 Å². The van der Waals surface area contributed by atoms with Crippen LogP contribution >= 0.6 is 27.5 Å². The van der Waals surface area contributed by atoms with Crippen LogP contribution in [0.2, 0.25) is 5.02 Å². The molecule has 0 radical (unpaired) electrons. The second-order valence-electron chi connectivity index (χ2n) is 5.96. The number of ether oxygens (including phenoxy) is 1. The molecule has 110 valence electrons. The topological polar surface area (TPSA) is 47.3 Å². The third kappa shape index (κ3) is 2.77. The van der Waals surface area contributed by atoms with Crippen molar-refractivity contribution < 1.29 is 4.74 Å². The van der Waals surface area contributed by atoms with Crippen molar-refractivity contribution in [2.75, 3.05) is 6.61 Å². The predicted octanol–water partition coefficient (Wildman–Crippen LogP) is 3.96. The summed E-state index contributed by atoms with van der Waals surface area (Å²) >= 11 is 9.64. The van der Waals surface area contributed by atoms with E-state index in [0.717, 1.165) is 34.5 Å². The molecule has 3 nitrogen and oxygen atoms in total. The molecule has 1 saturated heterocycles. The molecule has 0 bridgehead atoms. The van der Waals surface area contributed by atoms with E-state index in [1.165, 1.54) is 19.3 Å². The lowest BCUT2D eigenvalue weighted by Crippen LogP contribution is -2.48. The lowest BCUT2D eigenvalue weighted by atomic mass is 9.70. The largest absolute Gasteiger partial charge is 0.375 e. The van der Waals surface area contributed by atoms with Gasteiger partial charge in [0.15, 0.2) is 0 Å². The second-order valence-corrected chi connectivity index (χ2v) is 7.22. The van der Waals surface area contributed by atoms with Gasteiger partial charge in [-0.1, -0.05) is 17.7 Å². The number of hydrogen-bond donors (Lipinski definition) is 2. The molecule has 2 aliphatic rings. The fraction of sp³-hybridized carbons (Fsp3) is 0.600. The molecule has 3 rings (SSSR count). The molecule has 1 saturated carbocycles. The number of hydrogen-bond acceptors (Lipinski definition) is 3. The van der Waals surface area contributed by atoms with Crippen LogP contribution in [0.15, 0.2) is 22.7 Å². The van der Waals surface area contributed by atoms with Gasteiger partial charge in [-0.05, 0) is 71.6 Å². The molecule has 1 aromatic carbocycles. The Bertz CT molecular complexity index is 493. The number of nitrogens with two attached hydrogens (primary N) is 1. The summed E-state index contributed by atoms with van der Waals surface area (Å²) in [6.45, 7) is 0.840. The number of nitrogens with one attached hydrogen (secondary N) is 1. The third-order valence-corrected chi connectivity index (χ3v) is 5.98. The normalized spacial score (nSPS) is 26.2. The van der Waals surface area contributed by atoms with Crippen molar-refractivity contribution >= 4 is 27.5 Å². The molecule has 1 aliphatic heterocycles. The van der Waals surface area contributed by atoms with E-state index in [1.54, 1.807) is 0 Å². The van der Waals surface area contributed by atoms with E-state index in [1.807, 2.05) is 12.1 Å². The van der Waals surface area contributed by atoms with Gasteiger partial charge in [0.25, 0.3) is 0 Å². The van der Waals surface area contributed by atoms with E-state index in [4.69, 9.17) is 22.2 Å². The van der Waals surface area contributed by atoms with Crippen molar-refractivity contribution in [1.82, 2.24) is 5.43 Å². The lowest BCUT2D eigenvalue weighted by molar-refractivity contribution is -0.147. The fourth-order valence-corrected chi connectivity index (χ4v) is 3.92. The van der Waals surface area contributed by atoms with Gasteiger partial charge in [-0.2, -0.15) is 0 Å². The molecule has 2 atom stereocenters. The van der Waals surface area contributed by atoms with Gasteiger partial charge in [0, 0.05) is 17.1 Å². The Morgan fingerprint density at radius 1 is 1.45 bits per heavy atom. The summed E-state index contributed by atoms with van der Waals surface area (Å²) < 4.78 is 6.92. The monoisotopic (exact) mass is 358 g/mol. The van der Waals surface area contributed by atoms with Crippen LogP contribution < -0.4 is 11.3 Å². The Hall–Kier alpha value is -0.130. The van der Waals surface area contributed by atoms with Gasteiger partial charge >= 0.3 is 0 Å². The summed E-state index contributed by atoms with van der Waals surface area (Å²) in [6, 6.07) is 6.21. The fourth-order valence-electron chi connectivity index (χ4n) is 3.48. The average Bonchev–Trinajstić information content (AvgIpc) is 2.42. The maximum Gasteiger partial charge on any atom is 0.0686 e.